The summed E-state index contributed by atoms with van der Waals surface area (Å²) < 4.78 is 5.40. The minimum absolute atomic E-state index is 0.166. The molecule has 4 fully saturated rings. The van der Waals surface area contributed by atoms with Crippen LogP contribution in [-0.4, -0.2) is 34.6 Å². The highest BCUT2D eigenvalue weighted by atomic mass is 16.6. The molecule has 1 heterocycles. The van der Waals surface area contributed by atoms with Gasteiger partial charge < -0.3 is 14.9 Å². The number of rotatable bonds is 3. The van der Waals surface area contributed by atoms with E-state index in [4.69, 9.17) is 4.74 Å². The summed E-state index contributed by atoms with van der Waals surface area (Å²) >= 11 is 0. The number of hydrogen-bond acceptors (Lipinski definition) is 3. The predicted octanol–water partition coefficient (Wildman–Crippen LogP) is 4.95. The van der Waals surface area contributed by atoms with Gasteiger partial charge in [0.2, 0.25) is 0 Å². The van der Waals surface area contributed by atoms with Crippen LogP contribution in [0.25, 0.3) is 0 Å². The average Bonchev–Trinajstić information content (AvgIpc) is 3.30. The van der Waals surface area contributed by atoms with E-state index in [1.807, 2.05) is 0 Å². The van der Waals surface area contributed by atoms with Gasteiger partial charge in [0.05, 0.1) is 18.8 Å². The van der Waals surface area contributed by atoms with Crippen LogP contribution in [0.2, 0.25) is 0 Å². The zero-order valence-electron chi connectivity index (χ0n) is 18.9. The van der Waals surface area contributed by atoms with Gasteiger partial charge in [0.15, 0.2) is 0 Å². The van der Waals surface area contributed by atoms with Crippen LogP contribution >= 0.6 is 0 Å². The van der Waals surface area contributed by atoms with Gasteiger partial charge in [-0.3, -0.25) is 0 Å². The lowest BCUT2D eigenvalue weighted by atomic mass is 9.61. The van der Waals surface area contributed by atoms with E-state index in [1.165, 1.54) is 25.7 Å². The van der Waals surface area contributed by atoms with Crippen molar-refractivity contribution in [3.05, 3.63) is 35.5 Å². The topological polar surface area (TPSA) is 53.0 Å². The molecule has 0 spiro atoms. The van der Waals surface area contributed by atoms with E-state index in [0.29, 0.717) is 30.1 Å². The van der Waals surface area contributed by atoms with Gasteiger partial charge in [-0.2, -0.15) is 0 Å². The first kappa shape index (κ1) is 21.9. The molecule has 2 N–H and O–H groups in total. The number of allylic oxidation sites excluding steroid dienone is 3. The number of epoxide rings is 1. The molecule has 3 heteroatoms. The van der Waals surface area contributed by atoms with Crippen LogP contribution in [-0.2, 0) is 4.74 Å². The highest BCUT2D eigenvalue weighted by Gasteiger charge is 2.50. The summed E-state index contributed by atoms with van der Waals surface area (Å²) in [6.07, 6.45) is 11.6. The van der Waals surface area contributed by atoms with E-state index in [9.17, 15) is 10.2 Å². The van der Waals surface area contributed by atoms with E-state index in [-0.39, 0.29) is 5.60 Å². The Bertz CT molecular complexity index is 806. The van der Waals surface area contributed by atoms with Crippen LogP contribution in [0, 0.1) is 35.0 Å². The Kier molecular flexibility index (Phi) is 6.05. The molecule has 3 saturated carbocycles. The molecule has 0 radical (unpaired) electrons. The Morgan fingerprint density at radius 2 is 2.03 bits per heavy atom. The summed E-state index contributed by atoms with van der Waals surface area (Å²) in [7, 11) is 0. The quantitative estimate of drug-likeness (QED) is 0.511. The summed E-state index contributed by atoms with van der Waals surface area (Å²) in [6, 6.07) is 0. The van der Waals surface area contributed by atoms with Crippen LogP contribution in [0.1, 0.15) is 72.1 Å². The van der Waals surface area contributed by atoms with Gasteiger partial charge in [-0.05, 0) is 79.8 Å². The van der Waals surface area contributed by atoms with Gasteiger partial charge in [0.25, 0.3) is 0 Å². The predicted molar refractivity (Wildman–Crippen MR) is 121 cm³/mol. The average molecular weight is 411 g/mol. The zero-order chi connectivity index (χ0) is 21.5. The summed E-state index contributed by atoms with van der Waals surface area (Å²) in [5.41, 5.74) is 3.53. The second-order valence-electron chi connectivity index (χ2n) is 10.7. The molecular weight excluding hydrogens is 372 g/mol. The number of aliphatic hydroxyl groups is 2. The molecule has 7 atom stereocenters. The Morgan fingerprint density at radius 3 is 2.77 bits per heavy atom. The second kappa shape index (κ2) is 8.30. The SMILES string of the molecule is C=C1/C(=C/C=C2\CCC[C@]3(C)[C@@H]([C@H](C)CC#CC4(C)CO4)CC[C@@H]23)C[C@@H](O)C[C@@H]1O. The largest absolute Gasteiger partial charge is 0.393 e. The van der Waals surface area contributed by atoms with E-state index >= 15 is 0 Å². The minimum atomic E-state index is -0.615. The standard InChI is InChI=1S/C27H38O3/c1-18(7-5-13-26(3)17-30-26)23-11-12-24-20(8-6-14-27(23,24)4)9-10-21-15-22(28)16-25(29)19(21)2/h9-10,18,22-25,28-29H,2,6-8,11-12,14-17H2,1,3-4H3/b20-9+,21-10+/t18-,22-,23-,24+,25+,26?,27-/m1/s1. The first-order chi connectivity index (χ1) is 14.2. The smallest absolute Gasteiger partial charge is 0.149 e. The molecule has 30 heavy (non-hydrogen) atoms. The number of ether oxygens (including phenoxy) is 1. The molecule has 3 nitrogen and oxygen atoms in total. The van der Waals surface area contributed by atoms with Gasteiger partial charge in [-0.15, -0.1) is 0 Å². The minimum Gasteiger partial charge on any atom is -0.393 e. The van der Waals surface area contributed by atoms with Crippen LogP contribution in [0.5, 0.6) is 0 Å². The first-order valence-corrected chi connectivity index (χ1v) is 11.8. The third-order valence-electron chi connectivity index (χ3n) is 8.34. The third-order valence-corrected chi connectivity index (χ3v) is 8.34. The normalized spacial score (nSPS) is 44.5. The zero-order valence-corrected chi connectivity index (χ0v) is 18.9. The second-order valence-corrected chi connectivity index (χ2v) is 10.7. The molecule has 0 aromatic heterocycles. The van der Waals surface area contributed by atoms with Crippen molar-refractivity contribution < 1.29 is 14.9 Å². The van der Waals surface area contributed by atoms with Crippen molar-refractivity contribution in [2.45, 2.75) is 89.9 Å². The highest BCUT2D eigenvalue weighted by Crippen LogP contribution is 2.59. The molecule has 1 aliphatic heterocycles. The van der Waals surface area contributed by atoms with Gasteiger partial charge in [-0.25, -0.2) is 0 Å². The molecule has 1 saturated heterocycles. The van der Waals surface area contributed by atoms with Crippen molar-refractivity contribution in [2.24, 2.45) is 23.2 Å². The molecule has 0 aromatic rings. The fourth-order valence-corrected chi connectivity index (χ4v) is 6.40. The van der Waals surface area contributed by atoms with Crippen molar-refractivity contribution in [1.82, 2.24) is 0 Å². The van der Waals surface area contributed by atoms with Gasteiger partial charge in [0.1, 0.15) is 5.60 Å². The Labute approximate surface area is 182 Å². The van der Waals surface area contributed by atoms with Crippen molar-refractivity contribution in [3.8, 4) is 11.8 Å². The third kappa shape index (κ3) is 4.33. The van der Waals surface area contributed by atoms with Crippen molar-refractivity contribution in [2.75, 3.05) is 6.61 Å². The van der Waals surface area contributed by atoms with Gasteiger partial charge in [-0.1, -0.05) is 50.0 Å². The molecule has 3 aliphatic carbocycles. The summed E-state index contributed by atoms with van der Waals surface area (Å²) in [4.78, 5) is 0. The number of hydrogen-bond donors (Lipinski definition) is 2. The van der Waals surface area contributed by atoms with Crippen LogP contribution in [0.3, 0.4) is 0 Å². The van der Waals surface area contributed by atoms with Crippen molar-refractivity contribution >= 4 is 0 Å². The van der Waals surface area contributed by atoms with Gasteiger partial charge >= 0.3 is 0 Å². The Morgan fingerprint density at radius 1 is 1.27 bits per heavy atom. The molecule has 0 aromatic carbocycles. The number of fused-ring (bicyclic) bond motifs is 1. The molecule has 4 rings (SSSR count). The van der Waals surface area contributed by atoms with E-state index in [2.05, 4.69) is 51.3 Å². The molecular formula is C27H38O3. The van der Waals surface area contributed by atoms with Crippen LogP contribution < -0.4 is 0 Å². The molecule has 164 valence electrons. The fourth-order valence-electron chi connectivity index (χ4n) is 6.40. The maximum atomic E-state index is 10.1. The van der Waals surface area contributed by atoms with Crippen LogP contribution in [0.15, 0.2) is 35.5 Å². The summed E-state index contributed by atoms with van der Waals surface area (Å²) in [5, 5.41) is 20.2. The molecule has 1 unspecified atom stereocenters. The lowest BCUT2D eigenvalue weighted by molar-refractivity contribution is 0.0862. The van der Waals surface area contributed by atoms with Crippen molar-refractivity contribution in [1.29, 1.82) is 0 Å². The van der Waals surface area contributed by atoms with E-state index in [0.717, 1.165) is 36.5 Å². The lowest BCUT2D eigenvalue weighted by Crippen LogP contribution is -2.35. The maximum Gasteiger partial charge on any atom is 0.149 e. The Hall–Kier alpha value is -1.34. The van der Waals surface area contributed by atoms with E-state index < -0.39 is 12.2 Å². The fraction of sp³-hybridized carbons (Fsp3) is 0.704. The monoisotopic (exact) mass is 410 g/mol. The summed E-state index contributed by atoms with van der Waals surface area (Å²) in [5.74, 6) is 8.68. The maximum absolute atomic E-state index is 10.1. The van der Waals surface area contributed by atoms with Crippen LogP contribution in [0.4, 0.5) is 0 Å². The van der Waals surface area contributed by atoms with Crippen molar-refractivity contribution in [3.63, 3.8) is 0 Å². The molecule has 0 amide bonds. The molecule has 0 bridgehead atoms. The first-order valence-electron chi connectivity index (χ1n) is 11.8. The number of aliphatic hydroxyl groups excluding tert-OH is 2. The molecule has 4 aliphatic rings. The summed E-state index contributed by atoms with van der Waals surface area (Å²) in [6.45, 7) is 11.8. The Balaban J connectivity index is 1.48. The van der Waals surface area contributed by atoms with Gasteiger partial charge in [0, 0.05) is 12.8 Å². The van der Waals surface area contributed by atoms with E-state index in [1.54, 1.807) is 5.57 Å². The lowest BCUT2D eigenvalue weighted by Gasteiger charge is -2.44. The highest BCUT2D eigenvalue weighted by molar-refractivity contribution is 5.38.